The van der Waals surface area contributed by atoms with Crippen molar-refractivity contribution in [1.29, 1.82) is 0 Å². The quantitative estimate of drug-likeness (QED) is 0.695. The van der Waals surface area contributed by atoms with E-state index in [1.807, 2.05) is 18.2 Å². The summed E-state index contributed by atoms with van der Waals surface area (Å²) in [4.78, 5) is 17.7. The molecule has 0 aliphatic carbocycles. The van der Waals surface area contributed by atoms with E-state index in [9.17, 15) is 4.79 Å². The molecule has 3 aromatic rings. The molecule has 0 unspecified atom stereocenters. The van der Waals surface area contributed by atoms with E-state index in [-0.39, 0.29) is 0 Å². The number of carbonyl (C=O) groups is 1. The Hall–Kier alpha value is -2.18. The summed E-state index contributed by atoms with van der Waals surface area (Å²) in [5.41, 5.74) is 1.94. The zero-order valence-electron chi connectivity index (χ0n) is 11.8. The molecule has 0 N–H and O–H groups in total. The fraction of sp³-hybridized carbons (Fsp3) is 0.250. The third-order valence-corrected chi connectivity index (χ3v) is 4.77. The van der Waals surface area contributed by atoms with Crippen LogP contribution in [0.5, 0.6) is 0 Å². The number of aldehydes is 1. The van der Waals surface area contributed by atoms with Gasteiger partial charge in [0.05, 0.1) is 23.4 Å². The van der Waals surface area contributed by atoms with Crippen molar-refractivity contribution in [2.75, 3.05) is 31.2 Å². The van der Waals surface area contributed by atoms with Crippen molar-refractivity contribution in [3.05, 3.63) is 36.1 Å². The summed E-state index contributed by atoms with van der Waals surface area (Å²) in [7, 11) is 0. The summed E-state index contributed by atoms with van der Waals surface area (Å²) in [5, 5.41) is 1.03. The molecule has 3 heterocycles. The van der Waals surface area contributed by atoms with Gasteiger partial charge in [-0.25, -0.2) is 4.98 Å². The van der Waals surface area contributed by atoms with E-state index in [0.717, 1.165) is 47.2 Å². The van der Waals surface area contributed by atoms with Gasteiger partial charge in [0.25, 0.3) is 0 Å². The zero-order chi connectivity index (χ0) is 14.9. The SMILES string of the molecule is O=Cc1ccc(-c2ccc3nc(N4CCOCC4)sc3c2)o1. The molecule has 1 aliphatic rings. The van der Waals surface area contributed by atoms with E-state index in [1.54, 1.807) is 17.4 Å². The number of nitrogens with zero attached hydrogens (tertiary/aromatic N) is 2. The van der Waals surface area contributed by atoms with Crippen LogP contribution in [0, 0.1) is 0 Å². The third kappa shape index (κ3) is 2.40. The molecule has 0 bridgehead atoms. The molecular weight excluding hydrogens is 300 g/mol. The average Bonchev–Trinajstić information content (AvgIpc) is 3.21. The molecule has 2 aromatic heterocycles. The van der Waals surface area contributed by atoms with Crippen molar-refractivity contribution in [2.24, 2.45) is 0 Å². The number of carbonyl (C=O) groups excluding carboxylic acids is 1. The van der Waals surface area contributed by atoms with Gasteiger partial charge in [-0.15, -0.1) is 0 Å². The lowest BCUT2D eigenvalue weighted by atomic mass is 10.2. The molecular formula is C16H14N2O3S. The first-order chi connectivity index (χ1) is 10.8. The lowest BCUT2D eigenvalue weighted by Gasteiger charge is -2.25. The number of anilines is 1. The molecule has 1 saturated heterocycles. The molecule has 112 valence electrons. The van der Waals surface area contributed by atoms with Gasteiger partial charge in [-0.1, -0.05) is 11.3 Å². The van der Waals surface area contributed by atoms with Crippen molar-refractivity contribution in [2.45, 2.75) is 0 Å². The highest BCUT2D eigenvalue weighted by Crippen LogP contribution is 2.33. The summed E-state index contributed by atoms with van der Waals surface area (Å²) in [5.74, 6) is 1.04. The van der Waals surface area contributed by atoms with Gasteiger partial charge in [-0.2, -0.15) is 0 Å². The predicted molar refractivity (Wildman–Crippen MR) is 85.7 cm³/mol. The maximum absolute atomic E-state index is 10.7. The van der Waals surface area contributed by atoms with Crippen LogP contribution in [0.3, 0.4) is 0 Å². The Balaban J connectivity index is 1.69. The molecule has 5 nitrogen and oxygen atoms in total. The summed E-state index contributed by atoms with van der Waals surface area (Å²) >= 11 is 1.67. The smallest absolute Gasteiger partial charge is 0.186 e. The van der Waals surface area contributed by atoms with Crippen molar-refractivity contribution < 1.29 is 13.9 Å². The lowest BCUT2D eigenvalue weighted by molar-refractivity contribution is 0.110. The molecule has 4 rings (SSSR count). The number of hydrogen-bond acceptors (Lipinski definition) is 6. The molecule has 6 heteroatoms. The standard InChI is InChI=1S/C16H14N2O3S/c19-10-12-2-4-14(21-12)11-1-3-13-15(9-11)22-16(17-13)18-5-7-20-8-6-18/h1-4,9-10H,5-8H2. The first kappa shape index (κ1) is 13.5. The van der Waals surface area contributed by atoms with E-state index in [1.165, 1.54) is 0 Å². The third-order valence-electron chi connectivity index (χ3n) is 3.69. The number of furan rings is 1. The van der Waals surface area contributed by atoms with E-state index in [0.29, 0.717) is 17.8 Å². The van der Waals surface area contributed by atoms with Gasteiger partial charge in [0.1, 0.15) is 5.76 Å². The Morgan fingerprint density at radius 3 is 2.82 bits per heavy atom. The van der Waals surface area contributed by atoms with Crippen molar-refractivity contribution in [1.82, 2.24) is 4.98 Å². The van der Waals surface area contributed by atoms with E-state index in [4.69, 9.17) is 14.1 Å². The Kier molecular flexibility index (Phi) is 3.40. The molecule has 0 amide bonds. The highest BCUT2D eigenvalue weighted by Gasteiger charge is 2.16. The number of rotatable bonds is 3. The molecule has 0 spiro atoms. The van der Waals surface area contributed by atoms with E-state index >= 15 is 0 Å². The summed E-state index contributed by atoms with van der Waals surface area (Å²) in [6.45, 7) is 3.27. The monoisotopic (exact) mass is 314 g/mol. The largest absolute Gasteiger partial charge is 0.453 e. The van der Waals surface area contributed by atoms with Crippen molar-refractivity contribution >= 4 is 33.0 Å². The second-order valence-corrected chi connectivity index (χ2v) is 6.11. The fourth-order valence-corrected chi connectivity index (χ4v) is 3.58. The molecule has 1 fully saturated rings. The molecule has 0 radical (unpaired) electrons. The maximum Gasteiger partial charge on any atom is 0.186 e. The summed E-state index contributed by atoms with van der Waals surface area (Å²) in [6, 6.07) is 9.52. The normalized spacial score (nSPS) is 15.4. The van der Waals surface area contributed by atoms with Gasteiger partial charge in [0.2, 0.25) is 0 Å². The van der Waals surface area contributed by atoms with Gasteiger partial charge < -0.3 is 14.1 Å². The number of morpholine rings is 1. The second-order valence-electron chi connectivity index (χ2n) is 5.10. The van der Waals surface area contributed by atoms with Crippen LogP contribution in [0.15, 0.2) is 34.7 Å². The van der Waals surface area contributed by atoms with Crippen molar-refractivity contribution in [3.8, 4) is 11.3 Å². The highest BCUT2D eigenvalue weighted by atomic mass is 32.1. The van der Waals surface area contributed by atoms with Crippen LogP contribution in [0.25, 0.3) is 21.5 Å². The topological polar surface area (TPSA) is 55.6 Å². The molecule has 22 heavy (non-hydrogen) atoms. The second kappa shape index (κ2) is 5.55. The summed E-state index contributed by atoms with van der Waals surface area (Å²) < 4.78 is 12.0. The minimum Gasteiger partial charge on any atom is -0.453 e. The minimum atomic E-state index is 0.341. The van der Waals surface area contributed by atoms with Gasteiger partial charge in [-0.05, 0) is 30.3 Å². The van der Waals surface area contributed by atoms with Crippen molar-refractivity contribution in [3.63, 3.8) is 0 Å². The molecule has 1 aromatic carbocycles. The Bertz CT molecular complexity index is 818. The number of aromatic nitrogens is 1. The summed E-state index contributed by atoms with van der Waals surface area (Å²) in [6.07, 6.45) is 0.714. The molecule has 0 atom stereocenters. The Morgan fingerprint density at radius 2 is 2.05 bits per heavy atom. The number of hydrogen-bond donors (Lipinski definition) is 0. The fourth-order valence-electron chi connectivity index (χ4n) is 2.53. The molecule has 1 aliphatic heterocycles. The van der Waals surface area contributed by atoms with Crippen LogP contribution in [0.1, 0.15) is 10.6 Å². The molecule has 0 saturated carbocycles. The first-order valence-corrected chi connectivity index (χ1v) is 7.94. The Morgan fingerprint density at radius 1 is 1.18 bits per heavy atom. The van der Waals surface area contributed by atoms with E-state index in [2.05, 4.69) is 11.0 Å². The number of benzene rings is 1. The number of ether oxygens (including phenoxy) is 1. The zero-order valence-corrected chi connectivity index (χ0v) is 12.6. The average molecular weight is 314 g/mol. The van der Waals surface area contributed by atoms with Crippen LogP contribution in [0.2, 0.25) is 0 Å². The lowest BCUT2D eigenvalue weighted by Crippen LogP contribution is -2.36. The Labute approximate surface area is 131 Å². The first-order valence-electron chi connectivity index (χ1n) is 7.12. The highest BCUT2D eigenvalue weighted by molar-refractivity contribution is 7.22. The van der Waals surface area contributed by atoms with Crippen LogP contribution in [-0.2, 0) is 4.74 Å². The van der Waals surface area contributed by atoms with Crippen LogP contribution < -0.4 is 4.90 Å². The minimum absolute atomic E-state index is 0.341. The number of thiazole rings is 1. The number of fused-ring (bicyclic) bond motifs is 1. The van der Waals surface area contributed by atoms with Crippen LogP contribution in [-0.4, -0.2) is 37.6 Å². The van der Waals surface area contributed by atoms with Crippen LogP contribution in [0.4, 0.5) is 5.13 Å². The van der Waals surface area contributed by atoms with E-state index < -0.39 is 0 Å². The van der Waals surface area contributed by atoms with Gasteiger partial charge in [0, 0.05) is 18.7 Å². The predicted octanol–water partition coefficient (Wildman–Crippen LogP) is 3.21. The van der Waals surface area contributed by atoms with Crippen LogP contribution >= 0.6 is 11.3 Å². The van der Waals surface area contributed by atoms with Gasteiger partial charge >= 0.3 is 0 Å². The van der Waals surface area contributed by atoms with Gasteiger partial charge in [-0.3, -0.25) is 4.79 Å². The van der Waals surface area contributed by atoms with Gasteiger partial charge in [0.15, 0.2) is 17.2 Å². The maximum atomic E-state index is 10.7.